The van der Waals surface area contributed by atoms with Crippen LogP contribution in [0.4, 0.5) is 0 Å². The molecule has 0 unspecified atom stereocenters. The van der Waals surface area contributed by atoms with E-state index in [4.69, 9.17) is 25.8 Å². The molecule has 1 amide bonds. The van der Waals surface area contributed by atoms with Crippen LogP contribution in [0.5, 0.6) is 17.2 Å². The first-order chi connectivity index (χ1) is 12.6. The summed E-state index contributed by atoms with van der Waals surface area (Å²) in [6.45, 7) is 1.98. The quantitative estimate of drug-likeness (QED) is 0.594. The van der Waals surface area contributed by atoms with E-state index in [1.807, 2.05) is 25.1 Å². The van der Waals surface area contributed by atoms with Crippen LogP contribution in [0.3, 0.4) is 0 Å². The molecule has 0 aromatic heterocycles. The minimum Gasteiger partial charge on any atom is -0.482 e. The lowest BCUT2D eigenvalue weighted by molar-refractivity contribution is -0.123. The molecule has 136 valence electrons. The molecule has 2 aromatic rings. The van der Waals surface area contributed by atoms with Crippen molar-refractivity contribution in [1.29, 1.82) is 0 Å². The number of ether oxygens (including phenoxy) is 3. The SMILES string of the molecule is C/C(CCc1ccc2c(c1)OCO2)=N\NC(=O)COc1ccccc1Cl. The number of aryl methyl sites for hydroxylation is 1. The second kappa shape index (κ2) is 8.58. The Morgan fingerprint density at radius 3 is 2.88 bits per heavy atom. The molecule has 0 atom stereocenters. The first kappa shape index (κ1) is 18.1. The molecule has 6 nitrogen and oxygen atoms in total. The van der Waals surface area contributed by atoms with Crippen molar-refractivity contribution in [3.63, 3.8) is 0 Å². The summed E-state index contributed by atoms with van der Waals surface area (Å²) >= 11 is 5.97. The van der Waals surface area contributed by atoms with Gasteiger partial charge in [0.05, 0.1) is 5.02 Å². The van der Waals surface area contributed by atoms with Crippen LogP contribution in [0, 0.1) is 0 Å². The van der Waals surface area contributed by atoms with Gasteiger partial charge in [-0.05, 0) is 49.6 Å². The lowest BCUT2D eigenvalue weighted by atomic mass is 10.1. The summed E-state index contributed by atoms with van der Waals surface area (Å²) in [5.74, 6) is 1.66. The maximum atomic E-state index is 11.8. The maximum absolute atomic E-state index is 11.8. The standard InChI is InChI=1S/C19H19ClN2O4/c1-13(6-7-14-8-9-17-18(10-14)26-12-25-17)21-22-19(23)11-24-16-5-3-2-4-15(16)20/h2-5,8-10H,6-7,11-12H2,1H3,(H,22,23)/b21-13+. The first-order valence-corrected chi connectivity index (χ1v) is 8.57. The predicted molar refractivity (Wildman–Crippen MR) is 99.1 cm³/mol. The van der Waals surface area contributed by atoms with Gasteiger partial charge in [0, 0.05) is 5.71 Å². The Balaban J connectivity index is 1.43. The van der Waals surface area contributed by atoms with Gasteiger partial charge >= 0.3 is 0 Å². The topological polar surface area (TPSA) is 69.2 Å². The lowest BCUT2D eigenvalue weighted by Crippen LogP contribution is -2.25. The Morgan fingerprint density at radius 2 is 2.04 bits per heavy atom. The second-order valence-corrected chi connectivity index (χ2v) is 6.20. The summed E-state index contributed by atoms with van der Waals surface area (Å²) in [7, 11) is 0. The zero-order valence-electron chi connectivity index (χ0n) is 14.3. The molecule has 26 heavy (non-hydrogen) atoms. The average molecular weight is 375 g/mol. The Kier molecular flexibility index (Phi) is 5.96. The van der Waals surface area contributed by atoms with Crippen LogP contribution < -0.4 is 19.6 Å². The highest BCUT2D eigenvalue weighted by Crippen LogP contribution is 2.32. The van der Waals surface area contributed by atoms with Crippen molar-refractivity contribution in [2.24, 2.45) is 5.10 Å². The molecular formula is C19H19ClN2O4. The Bertz CT molecular complexity index is 823. The smallest absolute Gasteiger partial charge is 0.277 e. The van der Waals surface area contributed by atoms with Gasteiger partial charge in [0.15, 0.2) is 18.1 Å². The van der Waals surface area contributed by atoms with E-state index in [-0.39, 0.29) is 19.3 Å². The van der Waals surface area contributed by atoms with E-state index >= 15 is 0 Å². The monoisotopic (exact) mass is 374 g/mol. The third-order valence-corrected chi connectivity index (χ3v) is 4.09. The number of rotatable bonds is 7. The Morgan fingerprint density at radius 1 is 1.23 bits per heavy atom. The highest BCUT2D eigenvalue weighted by molar-refractivity contribution is 6.32. The molecule has 0 fully saturated rings. The maximum Gasteiger partial charge on any atom is 0.277 e. The molecule has 0 saturated carbocycles. The molecule has 1 aliphatic rings. The minimum atomic E-state index is -0.340. The Hall–Kier alpha value is -2.73. The number of nitrogens with one attached hydrogen (secondary N) is 1. The second-order valence-electron chi connectivity index (χ2n) is 5.79. The molecule has 0 saturated heterocycles. The largest absolute Gasteiger partial charge is 0.482 e. The number of para-hydroxylation sites is 1. The van der Waals surface area contributed by atoms with Crippen LogP contribution in [0.1, 0.15) is 18.9 Å². The minimum absolute atomic E-state index is 0.150. The number of hydrogen-bond donors (Lipinski definition) is 1. The highest BCUT2D eigenvalue weighted by Gasteiger charge is 2.13. The molecular weight excluding hydrogens is 356 g/mol. The fourth-order valence-corrected chi connectivity index (χ4v) is 2.56. The normalized spacial score (nSPS) is 12.8. The van der Waals surface area contributed by atoms with Gasteiger partial charge < -0.3 is 14.2 Å². The number of benzene rings is 2. The fraction of sp³-hybridized carbons (Fsp3) is 0.263. The number of carbonyl (C=O) groups is 1. The van der Waals surface area contributed by atoms with Crippen LogP contribution in [0.2, 0.25) is 5.02 Å². The van der Waals surface area contributed by atoms with Gasteiger partial charge in [0.25, 0.3) is 5.91 Å². The van der Waals surface area contributed by atoms with Crippen molar-refractivity contribution in [3.05, 3.63) is 53.1 Å². The van der Waals surface area contributed by atoms with Crippen LogP contribution >= 0.6 is 11.6 Å². The van der Waals surface area contributed by atoms with Gasteiger partial charge in [-0.3, -0.25) is 4.79 Å². The first-order valence-electron chi connectivity index (χ1n) is 8.19. The Labute approximate surface area is 156 Å². The van der Waals surface area contributed by atoms with Crippen LogP contribution in [0.15, 0.2) is 47.6 Å². The van der Waals surface area contributed by atoms with Crippen molar-refractivity contribution in [2.75, 3.05) is 13.4 Å². The molecule has 0 bridgehead atoms. The number of amides is 1. The van der Waals surface area contributed by atoms with E-state index in [0.717, 1.165) is 29.2 Å². The van der Waals surface area contributed by atoms with E-state index < -0.39 is 0 Å². The van der Waals surface area contributed by atoms with E-state index in [9.17, 15) is 4.79 Å². The summed E-state index contributed by atoms with van der Waals surface area (Å²) in [6, 6.07) is 12.9. The molecule has 1 aliphatic heterocycles. The van der Waals surface area contributed by atoms with Gasteiger partial charge in [0.1, 0.15) is 5.75 Å². The van der Waals surface area contributed by atoms with E-state index in [1.165, 1.54) is 0 Å². The third kappa shape index (κ3) is 4.89. The molecule has 2 aromatic carbocycles. The van der Waals surface area contributed by atoms with Crippen molar-refractivity contribution in [1.82, 2.24) is 5.43 Å². The van der Waals surface area contributed by atoms with Crippen LogP contribution in [0.25, 0.3) is 0 Å². The van der Waals surface area contributed by atoms with Crippen LogP contribution in [-0.2, 0) is 11.2 Å². The lowest BCUT2D eigenvalue weighted by Gasteiger charge is -2.07. The third-order valence-electron chi connectivity index (χ3n) is 3.78. The molecule has 1 N–H and O–H groups in total. The van der Waals surface area contributed by atoms with Gasteiger partial charge in [0.2, 0.25) is 6.79 Å². The van der Waals surface area contributed by atoms with E-state index in [0.29, 0.717) is 17.2 Å². The summed E-state index contributed by atoms with van der Waals surface area (Å²) in [5, 5.41) is 4.56. The van der Waals surface area contributed by atoms with Crippen molar-refractivity contribution >= 4 is 23.2 Å². The number of hydrogen-bond acceptors (Lipinski definition) is 5. The summed E-state index contributed by atoms with van der Waals surface area (Å²) < 4.78 is 16.0. The number of nitrogens with zero attached hydrogens (tertiary/aromatic N) is 1. The number of carbonyl (C=O) groups excluding carboxylic acids is 1. The summed E-state index contributed by atoms with van der Waals surface area (Å²) in [5.41, 5.74) is 4.42. The van der Waals surface area contributed by atoms with E-state index in [2.05, 4.69) is 10.5 Å². The highest BCUT2D eigenvalue weighted by atomic mass is 35.5. The number of hydrazone groups is 1. The van der Waals surface area contributed by atoms with Crippen molar-refractivity contribution in [2.45, 2.75) is 19.8 Å². The summed E-state index contributed by atoms with van der Waals surface area (Å²) in [4.78, 5) is 11.8. The fourth-order valence-electron chi connectivity index (χ4n) is 2.37. The number of halogens is 1. The molecule has 1 heterocycles. The summed E-state index contributed by atoms with van der Waals surface area (Å²) in [6.07, 6.45) is 1.50. The van der Waals surface area contributed by atoms with E-state index in [1.54, 1.807) is 24.3 Å². The van der Waals surface area contributed by atoms with Crippen molar-refractivity contribution in [3.8, 4) is 17.2 Å². The predicted octanol–water partition coefficient (Wildman–Crippen LogP) is 3.57. The zero-order valence-corrected chi connectivity index (χ0v) is 15.1. The van der Waals surface area contributed by atoms with Crippen LogP contribution in [-0.4, -0.2) is 25.0 Å². The molecule has 0 spiro atoms. The van der Waals surface area contributed by atoms with Gasteiger partial charge in [-0.25, -0.2) is 5.43 Å². The molecule has 0 aliphatic carbocycles. The zero-order chi connectivity index (χ0) is 18.4. The van der Waals surface area contributed by atoms with Crippen molar-refractivity contribution < 1.29 is 19.0 Å². The average Bonchev–Trinajstić information content (AvgIpc) is 3.12. The molecule has 0 radical (unpaired) electrons. The van der Waals surface area contributed by atoms with Gasteiger partial charge in [-0.15, -0.1) is 0 Å². The molecule has 7 heteroatoms. The van der Waals surface area contributed by atoms with Gasteiger partial charge in [-0.1, -0.05) is 29.8 Å². The number of fused-ring (bicyclic) bond motifs is 1. The van der Waals surface area contributed by atoms with Gasteiger partial charge in [-0.2, -0.15) is 5.10 Å². The molecule has 3 rings (SSSR count).